The predicted molar refractivity (Wildman–Crippen MR) is 165 cm³/mol. The number of aromatic nitrogens is 3. The van der Waals surface area contributed by atoms with Gasteiger partial charge in [-0.1, -0.05) is 36.4 Å². The fourth-order valence-corrected chi connectivity index (χ4v) is 5.84. The molecule has 0 spiro atoms. The summed E-state index contributed by atoms with van der Waals surface area (Å²) >= 11 is 0. The molecule has 2 aliphatic rings. The average molecular weight is 567 g/mol. The summed E-state index contributed by atoms with van der Waals surface area (Å²) in [5.74, 6) is 2.53. The molecule has 9 heteroatoms. The number of anilines is 1. The van der Waals surface area contributed by atoms with Gasteiger partial charge in [-0.3, -0.25) is 4.79 Å². The van der Waals surface area contributed by atoms with Crippen LogP contribution in [0.5, 0.6) is 11.5 Å². The number of rotatable bonds is 11. The minimum Gasteiger partial charge on any atom is -0.457 e. The van der Waals surface area contributed by atoms with Crippen molar-refractivity contribution in [3.63, 3.8) is 0 Å². The lowest BCUT2D eigenvalue weighted by Gasteiger charge is -2.19. The maximum absolute atomic E-state index is 13.1. The Hall–Kier alpha value is -4.21. The zero-order chi connectivity index (χ0) is 29.1. The van der Waals surface area contributed by atoms with E-state index in [1.807, 2.05) is 60.5 Å². The number of fused-ring (bicyclic) bond motifs is 1. The van der Waals surface area contributed by atoms with Crippen LogP contribution < -0.4 is 10.5 Å². The number of ether oxygens (including phenoxy) is 2. The normalized spacial score (nSPS) is 17.1. The van der Waals surface area contributed by atoms with E-state index in [1.165, 1.54) is 5.69 Å². The van der Waals surface area contributed by atoms with Crippen LogP contribution in [0, 0.1) is 0 Å². The van der Waals surface area contributed by atoms with Crippen LogP contribution in [0.1, 0.15) is 36.9 Å². The van der Waals surface area contributed by atoms with Gasteiger partial charge in [0.15, 0.2) is 0 Å². The number of methoxy groups -OCH3 is 1. The Morgan fingerprint density at radius 3 is 2.57 bits per heavy atom. The van der Waals surface area contributed by atoms with Crippen LogP contribution >= 0.6 is 0 Å². The van der Waals surface area contributed by atoms with E-state index in [2.05, 4.69) is 26.6 Å². The highest BCUT2D eigenvalue weighted by atomic mass is 16.5. The van der Waals surface area contributed by atoms with Gasteiger partial charge in [-0.15, -0.1) is 0 Å². The molecule has 1 saturated heterocycles. The van der Waals surface area contributed by atoms with Gasteiger partial charge in [0.1, 0.15) is 29.3 Å². The van der Waals surface area contributed by atoms with Crippen LogP contribution in [0.3, 0.4) is 0 Å². The number of para-hydroxylation sites is 1. The summed E-state index contributed by atoms with van der Waals surface area (Å²) in [4.78, 5) is 26.3. The van der Waals surface area contributed by atoms with Crippen LogP contribution in [0.4, 0.5) is 5.82 Å². The molecule has 1 atom stereocenters. The summed E-state index contributed by atoms with van der Waals surface area (Å²) in [7, 11) is 3.71. The van der Waals surface area contributed by atoms with Gasteiger partial charge in [-0.2, -0.15) is 0 Å². The van der Waals surface area contributed by atoms with Gasteiger partial charge in [0.2, 0.25) is 5.91 Å². The van der Waals surface area contributed by atoms with Gasteiger partial charge in [-0.05, 0) is 62.1 Å². The third kappa shape index (κ3) is 5.89. The van der Waals surface area contributed by atoms with Crippen LogP contribution in [-0.4, -0.2) is 77.2 Å². The van der Waals surface area contributed by atoms with E-state index in [0.29, 0.717) is 38.0 Å². The minimum absolute atomic E-state index is 0.0467. The molecular weight excluding hydrogens is 528 g/mol. The summed E-state index contributed by atoms with van der Waals surface area (Å²) in [6, 6.07) is 18.1. The smallest absolute Gasteiger partial charge is 0.246 e. The Balaban J connectivity index is 1.28. The number of carbonyl (C=O) groups excluding carboxylic acids is 1. The Labute approximate surface area is 246 Å². The first kappa shape index (κ1) is 27.9. The number of nitrogens with zero attached hydrogens (tertiary/aromatic N) is 5. The Morgan fingerprint density at radius 1 is 1.07 bits per heavy atom. The predicted octanol–water partition coefficient (Wildman–Crippen LogP) is 5.26. The molecule has 0 unspecified atom stereocenters. The van der Waals surface area contributed by atoms with Crippen molar-refractivity contribution in [3.05, 3.63) is 78.8 Å². The van der Waals surface area contributed by atoms with Crippen molar-refractivity contribution in [1.29, 1.82) is 0 Å². The highest BCUT2D eigenvalue weighted by Gasteiger charge is 2.38. The Bertz CT molecular complexity index is 1560. The van der Waals surface area contributed by atoms with Gasteiger partial charge in [0.05, 0.1) is 18.0 Å². The van der Waals surface area contributed by atoms with E-state index in [-0.39, 0.29) is 11.9 Å². The fraction of sp³-hybridized carbons (Fsp3) is 0.364. The molecule has 1 amide bonds. The molecule has 9 nitrogen and oxygen atoms in total. The summed E-state index contributed by atoms with van der Waals surface area (Å²) in [5, 5.41) is 0.889. The molecule has 6 rings (SSSR count). The van der Waals surface area contributed by atoms with Gasteiger partial charge in [0, 0.05) is 50.6 Å². The second-order valence-electron chi connectivity index (χ2n) is 11.2. The number of hydrogen-bond acceptors (Lipinski definition) is 7. The number of benzene rings is 2. The first-order valence-corrected chi connectivity index (χ1v) is 14.6. The summed E-state index contributed by atoms with van der Waals surface area (Å²) in [6.07, 6.45) is 8.30. The maximum Gasteiger partial charge on any atom is 0.246 e. The monoisotopic (exact) mass is 566 g/mol. The number of amides is 1. The first-order chi connectivity index (χ1) is 20.5. The van der Waals surface area contributed by atoms with Crippen molar-refractivity contribution in [2.45, 2.75) is 31.2 Å². The summed E-state index contributed by atoms with van der Waals surface area (Å²) in [6.45, 7) is 3.54. The third-order valence-electron chi connectivity index (χ3n) is 8.13. The number of hydrogen-bond donors (Lipinski definition) is 1. The molecule has 2 aromatic carbocycles. The van der Waals surface area contributed by atoms with Crippen molar-refractivity contribution in [2.75, 3.05) is 52.7 Å². The van der Waals surface area contributed by atoms with E-state index >= 15 is 0 Å². The number of nitrogens with two attached hydrogens (primary N) is 1. The van der Waals surface area contributed by atoms with Crippen molar-refractivity contribution in [1.82, 2.24) is 24.3 Å². The Morgan fingerprint density at radius 2 is 1.83 bits per heavy atom. The van der Waals surface area contributed by atoms with Crippen LogP contribution in [0.2, 0.25) is 0 Å². The van der Waals surface area contributed by atoms with E-state index in [4.69, 9.17) is 20.2 Å². The fourth-order valence-electron chi connectivity index (χ4n) is 5.84. The molecule has 4 aromatic rings. The van der Waals surface area contributed by atoms with E-state index in [9.17, 15) is 4.79 Å². The van der Waals surface area contributed by atoms with E-state index in [1.54, 1.807) is 19.5 Å². The lowest BCUT2D eigenvalue weighted by Crippen LogP contribution is -2.28. The molecule has 1 aliphatic carbocycles. The summed E-state index contributed by atoms with van der Waals surface area (Å²) < 4.78 is 13.5. The lowest BCUT2D eigenvalue weighted by molar-refractivity contribution is -0.125. The maximum atomic E-state index is 13.1. The quantitative estimate of drug-likeness (QED) is 0.247. The highest BCUT2D eigenvalue weighted by molar-refractivity contribution is 6.03. The molecule has 2 N–H and O–H groups in total. The molecule has 1 aliphatic heterocycles. The van der Waals surface area contributed by atoms with Crippen LogP contribution in [-0.2, 0) is 9.53 Å². The number of carbonyl (C=O) groups is 1. The van der Waals surface area contributed by atoms with Gasteiger partial charge in [0.25, 0.3) is 0 Å². The molecule has 0 bridgehead atoms. The zero-order valence-electron chi connectivity index (χ0n) is 24.3. The molecular formula is C33H38N6O3. The Kier molecular flexibility index (Phi) is 8.21. The lowest BCUT2D eigenvalue weighted by atomic mass is 10.0. The molecule has 218 valence electrons. The van der Waals surface area contributed by atoms with E-state index < -0.39 is 0 Å². The van der Waals surface area contributed by atoms with Crippen molar-refractivity contribution >= 4 is 22.8 Å². The number of nitrogen functional groups attached to an aromatic ring is 1. The molecule has 3 heterocycles. The highest BCUT2D eigenvalue weighted by Crippen LogP contribution is 2.51. The first-order valence-electron chi connectivity index (χ1n) is 14.6. The van der Waals surface area contributed by atoms with Crippen molar-refractivity contribution in [3.8, 4) is 22.6 Å². The number of likely N-dealkylation sites (N-methyl/N-ethyl adjacent to an activating group) is 1. The SMILES string of the molecule is COCCN(C)CC=CC(=O)N1CC[C@@H](n2c(C3CC3)c(-c3ccc(Oc4ccccc4)cc3)c3c(N)ncnc32)C1. The van der Waals surface area contributed by atoms with Crippen molar-refractivity contribution < 1.29 is 14.3 Å². The topological polar surface area (TPSA) is 98.7 Å². The summed E-state index contributed by atoms with van der Waals surface area (Å²) in [5.41, 5.74) is 10.8. The molecule has 2 aromatic heterocycles. The van der Waals surface area contributed by atoms with Gasteiger partial charge < -0.3 is 29.6 Å². The number of likely N-dealkylation sites (tertiary alicyclic amines) is 1. The van der Waals surface area contributed by atoms with E-state index in [0.717, 1.165) is 59.5 Å². The largest absolute Gasteiger partial charge is 0.457 e. The average Bonchev–Trinajstić information content (AvgIpc) is 3.62. The van der Waals surface area contributed by atoms with Gasteiger partial charge >= 0.3 is 0 Å². The second-order valence-corrected chi connectivity index (χ2v) is 11.2. The minimum atomic E-state index is 0.0467. The second kappa shape index (κ2) is 12.3. The van der Waals surface area contributed by atoms with Crippen molar-refractivity contribution in [2.24, 2.45) is 0 Å². The molecule has 0 radical (unpaired) electrons. The molecule has 1 saturated carbocycles. The standard InChI is InChI=1S/C33H38N6O3/c1-37(19-20-41-2)17-6-9-28(40)38-18-16-25(21-38)39-31(24-10-11-24)29(30-32(34)35-22-36-33(30)39)23-12-14-27(15-13-23)42-26-7-4-3-5-8-26/h3-9,12-15,22,24-25H,10-11,16-21H2,1-2H3,(H2,34,35,36)/t25-/m1/s1. The molecule has 2 fully saturated rings. The zero-order valence-corrected chi connectivity index (χ0v) is 24.3. The third-order valence-corrected chi connectivity index (χ3v) is 8.13. The van der Waals surface area contributed by atoms with Gasteiger partial charge in [-0.25, -0.2) is 9.97 Å². The molecule has 42 heavy (non-hydrogen) atoms. The van der Waals surface area contributed by atoms with Crippen LogP contribution in [0.15, 0.2) is 73.1 Å². The van der Waals surface area contributed by atoms with Crippen LogP contribution in [0.25, 0.3) is 22.2 Å².